The maximum Gasteiger partial charge on any atom is 0.322 e. The van der Waals surface area contributed by atoms with Gasteiger partial charge in [-0.1, -0.05) is 24.3 Å². The van der Waals surface area contributed by atoms with Crippen LogP contribution < -0.4 is 15.4 Å². The van der Waals surface area contributed by atoms with Gasteiger partial charge in [-0.25, -0.2) is 8.42 Å². The number of aliphatic carboxylic acids is 1. The Morgan fingerprint density at radius 3 is 2.32 bits per heavy atom. The summed E-state index contributed by atoms with van der Waals surface area (Å²) in [4.78, 5) is 24.0. The Balaban J connectivity index is 2.54. The topological polar surface area (TPSA) is 130 Å². The summed E-state index contributed by atoms with van der Waals surface area (Å²) < 4.78 is 27.4. The summed E-state index contributed by atoms with van der Waals surface area (Å²) in [5, 5.41) is 10.3. The average molecular weight is 365 g/mol. The van der Waals surface area contributed by atoms with Gasteiger partial charge in [0.1, 0.15) is 6.04 Å². The number of rotatable bonds is 7. The van der Waals surface area contributed by atoms with Gasteiger partial charge in [0.05, 0.1) is 11.3 Å². The van der Waals surface area contributed by atoms with E-state index in [1.54, 1.807) is 24.3 Å². The molecule has 0 bridgehead atoms. The first-order valence-corrected chi connectivity index (χ1v) is 8.84. The third-order valence-corrected chi connectivity index (χ3v) is 5.16. The van der Waals surface area contributed by atoms with Gasteiger partial charge in [0, 0.05) is 30.6 Å². The Morgan fingerprint density at radius 2 is 1.76 bits per heavy atom. The van der Waals surface area contributed by atoms with Crippen molar-refractivity contribution in [3.8, 4) is 0 Å². The molecule has 0 heterocycles. The lowest BCUT2D eigenvalue weighted by molar-refractivity contribution is -0.140. The number of sulfonamides is 1. The molecule has 1 unspecified atom stereocenters. The van der Waals surface area contributed by atoms with Gasteiger partial charge in [-0.05, 0) is 12.1 Å². The van der Waals surface area contributed by atoms with Gasteiger partial charge >= 0.3 is 5.97 Å². The molecule has 0 aliphatic heterocycles. The number of carbonyl (C=O) groups is 2. The van der Waals surface area contributed by atoms with Gasteiger partial charge in [0.2, 0.25) is 15.9 Å². The second kappa shape index (κ2) is 7.08. The van der Waals surface area contributed by atoms with Crippen molar-refractivity contribution in [2.45, 2.75) is 17.4 Å². The summed E-state index contributed by atoms with van der Waals surface area (Å²) in [6, 6.07) is 8.31. The van der Waals surface area contributed by atoms with Crippen LogP contribution in [0.25, 0.3) is 10.8 Å². The molecule has 2 aromatic carbocycles. The van der Waals surface area contributed by atoms with Crippen molar-refractivity contribution in [2.75, 3.05) is 19.0 Å². The maximum atomic E-state index is 12.7. The van der Waals surface area contributed by atoms with Crippen LogP contribution in [0, 0.1) is 0 Å². The molecule has 1 atom stereocenters. The molecule has 0 spiro atoms. The fourth-order valence-electron chi connectivity index (χ4n) is 2.52. The molecular formula is C16H19N3O5S. The Hall–Kier alpha value is -2.65. The van der Waals surface area contributed by atoms with E-state index in [-0.39, 0.29) is 4.90 Å². The lowest BCUT2D eigenvalue weighted by Crippen LogP contribution is -2.43. The number of nitrogens with zero attached hydrogens (tertiary/aromatic N) is 1. The number of carbonyl (C=O) groups excluding carboxylic acids is 1. The number of carboxylic acid groups (broad SMARTS) is 1. The van der Waals surface area contributed by atoms with Crippen molar-refractivity contribution in [1.29, 1.82) is 0 Å². The summed E-state index contributed by atoms with van der Waals surface area (Å²) in [5.74, 6) is -2.39. The van der Waals surface area contributed by atoms with Gasteiger partial charge in [-0.2, -0.15) is 4.72 Å². The second-order valence-corrected chi connectivity index (χ2v) is 7.39. The Labute approximate surface area is 145 Å². The van der Waals surface area contributed by atoms with E-state index in [1.165, 1.54) is 6.07 Å². The standard InChI is InChI=1S/C16H19N3O5S/c1-19(2)13-7-3-6-11-10(13)5-4-8-14(11)25(23,24)18-12(16(21)22)9-15(17)20/h3-8,12,18H,9H2,1-2H3,(H2,17,20)(H,21,22). The van der Waals surface area contributed by atoms with Crippen LogP contribution in [-0.2, 0) is 19.6 Å². The predicted molar refractivity (Wildman–Crippen MR) is 93.8 cm³/mol. The highest BCUT2D eigenvalue weighted by atomic mass is 32.2. The largest absolute Gasteiger partial charge is 0.480 e. The number of fused-ring (bicyclic) bond motifs is 1. The molecule has 0 aliphatic rings. The molecule has 0 fully saturated rings. The SMILES string of the molecule is CN(C)c1cccc2c(S(=O)(=O)NC(CC(N)=O)C(=O)O)cccc12. The van der Waals surface area contributed by atoms with E-state index >= 15 is 0 Å². The minimum absolute atomic E-state index is 0.0654. The Kier molecular flexibility index (Phi) is 5.29. The first kappa shape index (κ1) is 18.7. The molecule has 8 nitrogen and oxygen atoms in total. The molecule has 2 rings (SSSR count). The zero-order valence-corrected chi connectivity index (χ0v) is 14.6. The van der Waals surface area contributed by atoms with Crippen LogP contribution in [0.5, 0.6) is 0 Å². The number of nitrogens with two attached hydrogens (primary N) is 1. The third kappa shape index (κ3) is 4.06. The number of hydrogen-bond donors (Lipinski definition) is 3. The molecular weight excluding hydrogens is 346 g/mol. The molecule has 0 aromatic heterocycles. The number of primary amides is 1. The highest BCUT2D eigenvalue weighted by Gasteiger charge is 2.28. The van der Waals surface area contributed by atoms with E-state index in [9.17, 15) is 18.0 Å². The number of amides is 1. The molecule has 2 aromatic rings. The zero-order valence-electron chi connectivity index (χ0n) is 13.8. The van der Waals surface area contributed by atoms with Crippen LogP contribution in [0.2, 0.25) is 0 Å². The molecule has 25 heavy (non-hydrogen) atoms. The minimum atomic E-state index is -4.18. The molecule has 0 radical (unpaired) electrons. The van der Waals surface area contributed by atoms with E-state index in [0.717, 1.165) is 5.69 Å². The van der Waals surface area contributed by atoms with Crippen LogP contribution in [-0.4, -0.2) is 45.5 Å². The first-order chi connectivity index (χ1) is 11.6. The first-order valence-electron chi connectivity index (χ1n) is 7.36. The third-order valence-electron chi connectivity index (χ3n) is 3.63. The number of nitrogens with one attached hydrogen (secondary N) is 1. The molecule has 9 heteroatoms. The minimum Gasteiger partial charge on any atom is -0.480 e. The quantitative estimate of drug-likeness (QED) is 0.655. The number of anilines is 1. The number of benzene rings is 2. The summed E-state index contributed by atoms with van der Waals surface area (Å²) in [5.41, 5.74) is 5.81. The number of hydrogen-bond acceptors (Lipinski definition) is 5. The Bertz CT molecular complexity index is 925. The smallest absolute Gasteiger partial charge is 0.322 e. The molecule has 0 saturated carbocycles. The van der Waals surface area contributed by atoms with Gasteiger partial charge < -0.3 is 15.7 Å². The molecule has 4 N–H and O–H groups in total. The van der Waals surface area contributed by atoms with Gasteiger partial charge in [-0.3, -0.25) is 9.59 Å². The summed E-state index contributed by atoms with van der Waals surface area (Å²) in [6.07, 6.45) is -0.637. The van der Waals surface area contributed by atoms with Crippen molar-refractivity contribution >= 4 is 38.4 Å². The molecule has 0 aliphatic carbocycles. The van der Waals surface area contributed by atoms with Crippen molar-refractivity contribution < 1.29 is 23.1 Å². The van der Waals surface area contributed by atoms with E-state index in [4.69, 9.17) is 10.8 Å². The summed E-state index contributed by atoms with van der Waals surface area (Å²) >= 11 is 0. The molecule has 134 valence electrons. The second-order valence-electron chi connectivity index (χ2n) is 5.71. The Morgan fingerprint density at radius 1 is 1.16 bits per heavy atom. The monoisotopic (exact) mass is 365 g/mol. The average Bonchev–Trinajstić information content (AvgIpc) is 2.52. The van der Waals surface area contributed by atoms with Crippen molar-refractivity contribution in [3.63, 3.8) is 0 Å². The predicted octanol–water partition coefficient (Wildman–Crippen LogP) is 0.513. The van der Waals surface area contributed by atoms with E-state index in [2.05, 4.69) is 0 Å². The molecule has 0 saturated heterocycles. The van der Waals surface area contributed by atoms with Crippen LogP contribution in [0.1, 0.15) is 6.42 Å². The van der Waals surface area contributed by atoms with Crippen molar-refractivity contribution in [3.05, 3.63) is 36.4 Å². The van der Waals surface area contributed by atoms with E-state index in [1.807, 2.05) is 29.8 Å². The van der Waals surface area contributed by atoms with Gasteiger partial charge in [-0.15, -0.1) is 0 Å². The van der Waals surface area contributed by atoms with Crippen LogP contribution in [0.3, 0.4) is 0 Å². The maximum absolute atomic E-state index is 12.7. The number of carboxylic acids is 1. The normalized spacial score (nSPS) is 12.7. The highest BCUT2D eigenvalue weighted by molar-refractivity contribution is 7.89. The van der Waals surface area contributed by atoms with Crippen LogP contribution >= 0.6 is 0 Å². The van der Waals surface area contributed by atoms with Gasteiger partial charge in [0.15, 0.2) is 0 Å². The molecule has 1 amide bonds. The summed E-state index contributed by atoms with van der Waals surface area (Å²) in [6.45, 7) is 0. The van der Waals surface area contributed by atoms with Crippen LogP contribution in [0.15, 0.2) is 41.3 Å². The summed E-state index contributed by atoms with van der Waals surface area (Å²) in [7, 11) is -0.507. The lowest BCUT2D eigenvalue weighted by Gasteiger charge is -2.18. The zero-order chi connectivity index (χ0) is 18.8. The fraction of sp³-hybridized carbons (Fsp3) is 0.250. The highest BCUT2D eigenvalue weighted by Crippen LogP contribution is 2.30. The van der Waals surface area contributed by atoms with Crippen molar-refractivity contribution in [1.82, 2.24) is 4.72 Å². The fourth-order valence-corrected chi connectivity index (χ4v) is 3.93. The van der Waals surface area contributed by atoms with Crippen LogP contribution in [0.4, 0.5) is 5.69 Å². The van der Waals surface area contributed by atoms with E-state index < -0.39 is 34.4 Å². The van der Waals surface area contributed by atoms with Crippen molar-refractivity contribution in [2.24, 2.45) is 5.73 Å². The van der Waals surface area contributed by atoms with Gasteiger partial charge in [0.25, 0.3) is 0 Å². The lowest BCUT2D eigenvalue weighted by atomic mass is 10.1. The van der Waals surface area contributed by atoms with E-state index in [0.29, 0.717) is 10.8 Å².